The summed E-state index contributed by atoms with van der Waals surface area (Å²) in [6.45, 7) is 1.81. The van der Waals surface area contributed by atoms with Gasteiger partial charge in [0, 0.05) is 5.92 Å². The first-order chi connectivity index (χ1) is 12.5. The number of benzene rings is 2. The van der Waals surface area contributed by atoms with Crippen molar-refractivity contribution in [3.63, 3.8) is 0 Å². The molecule has 3 rings (SSSR count). The number of carbonyl (C=O) groups excluding carboxylic acids is 2. The van der Waals surface area contributed by atoms with Gasteiger partial charge in [0.2, 0.25) is 0 Å². The number of carbonyl (C=O) groups is 2. The summed E-state index contributed by atoms with van der Waals surface area (Å²) in [5.41, 5.74) is 1.73. The van der Waals surface area contributed by atoms with Crippen LogP contribution in [0.4, 0.5) is 8.78 Å². The van der Waals surface area contributed by atoms with Crippen molar-refractivity contribution in [3.05, 3.63) is 77.4 Å². The van der Waals surface area contributed by atoms with Gasteiger partial charge in [0.25, 0.3) is 0 Å². The highest BCUT2D eigenvalue weighted by atomic mass is 19.1. The van der Waals surface area contributed by atoms with Crippen molar-refractivity contribution in [2.45, 2.75) is 19.3 Å². The van der Waals surface area contributed by atoms with Crippen molar-refractivity contribution >= 4 is 17.3 Å². The molecular formula is C21H18F2O3. The van der Waals surface area contributed by atoms with Gasteiger partial charge in [-0.15, -0.1) is 0 Å². The molecule has 2 aromatic rings. The monoisotopic (exact) mass is 356 g/mol. The van der Waals surface area contributed by atoms with E-state index in [-0.39, 0.29) is 6.61 Å². The molecule has 0 unspecified atom stereocenters. The highest BCUT2D eigenvalue weighted by Gasteiger charge is 2.39. The molecule has 0 radical (unpaired) electrons. The maximum Gasteiger partial charge on any atom is 0.317 e. The Morgan fingerprint density at radius 3 is 2.46 bits per heavy atom. The number of rotatable bonds is 4. The summed E-state index contributed by atoms with van der Waals surface area (Å²) < 4.78 is 32.3. The Bertz CT molecular complexity index is 873. The van der Waals surface area contributed by atoms with E-state index < -0.39 is 35.2 Å². The van der Waals surface area contributed by atoms with Crippen molar-refractivity contribution in [1.82, 2.24) is 0 Å². The van der Waals surface area contributed by atoms with Gasteiger partial charge < -0.3 is 4.74 Å². The molecule has 3 nitrogen and oxygen atoms in total. The van der Waals surface area contributed by atoms with Crippen molar-refractivity contribution < 1.29 is 23.1 Å². The number of esters is 1. The van der Waals surface area contributed by atoms with Gasteiger partial charge in [-0.1, -0.05) is 24.3 Å². The Labute approximate surface area is 150 Å². The quantitative estimate of drug-likeness (QED) is 0.606. The zero-order valence-electron chi connectivity index (χ0n) is 14.2. The zero-order chi connectivity index (χ0) is 18.7. The van der Waals surface area contributed by atoms with Crippen LogP contribution in [0.1, 0.15) is 30.4 Å². The second kappa shape index (κ2) is 7.60. The van der Waals surface area contributed by atoms with E-state index in [0.717, 1.165) is 0 Å². The van der Waals surface area contributed by atoms with E-state index in [1.54, 1.807) is 25.1 Å². The van der Waals surface area contributed by atoms with E-state index in [4.69, 9.17) is 4.74 Å². The molecule has 0 aromatic heterocycles. The average Bonchev–Trinajstić information content (AvgIpc) is 2.61. The molecular weight excluding hydrogens is 338 g/mol. The third-order valence-corrected chi connectivity index (χ3v) is 4.48. The van der Waals surface area contributed by atoms with Crippen LogP contribution in [-0.4, -0.2) is 18.4 Å². The molecule has 2 aromatic carbocycles. The van der Waals surface area contributed by atoms with Crippen LogP contribution in [0.2, 0.25) is 0 Å². The predicted molar refractivity (Wildman–Crippen MR) is 93.3 cm³/mol. The fourth-order valence-electron chi connectivity index (χ4n) is 3.32. The van der Waals surface area contributed by atoms with E-state index in [1.165, 1.54) is 36.4 Å². The van der Waals surface area contributed by atoms with Gasteiger partial charge in [-0.2, -0.15) is 0 Å². The molecule has 5 heteroatoms. The highest BCUT2D eigenvalue weighted by Crippen LogP contribution is 2.40. The number of allylic oxidation sites excluding steroid dienone is 2. The average molecular weight is 356 g/mol. The van der Waals surface area contributed by atoms with E-state index in [9.17, 15) is 18.4 Å². The fraction of sp³-hybridized carbons (Fsp3) is 0.238. The minimum atomic E-state index is -1.03. The van der Waals surface area contributed by atoms with Crippen molar-refractivity contribution in [2.75, 3.05) is 6.61 Å². The topological polar surface area (TPSA) is 43.4 Å². The zero-order valence-corrected chi connectivity index (χ0v) is 14.2. The molecule has 0 aliphatic heterocycles. The van der Waals surface area contributed by atoms with Crippen LogP contribution in [0.3, 0.4) is 0 Å². The lowest BCUT2D eigenvalue weighted by atomic mass is 9.73. The maximum atomic E-state index is 13.7. The molecule has 2 atom stereocenters. The summed E-state index contributed by atoms with van der Waals surface area (Å²) >= 11 is 0. The molecule has 0 fully saturated rings. The van der Waals surface area contributed by atoms with Gasteiger partial charge in [-0.05, 0) is 60.4 Å². The molecule has 26 heavy (non-hydrogen) atoms. The predicted octanol–water partition coefficient (Wildman–Crippen LogP) is 4.28. The first-order valence-electron chi connectivity index (χ1n) is 8.42. The standard InChI is InChI=1S/C21H18F2O3/c1-2-26-21(25)20-18(14-6-4-8-17(23)10-14)11-15(12-19(20)24)13-5-3-7-16(22)9-13/h3-10,12,18,20H,2,11H2,1H3/t18-,20+/m0/s1. The number of hydrogen-bond acceptors (Lipinski definition) is 3. The van der Waals surface area contributed by atoms with Crippen LogP contribution in [0.25, 0.3) is 5.57 Å². The Morgan fingerprint density at radius 1 is 1.12 bits per heavy atom. The number of halogens is 2. The molecule has 1 aliphatic rings. The number of hydrogen-bond donors (Lipinski definition) is 0. The van der Waals surface area contributed by atoms with Gasteiger partial charge in [-0.25, -0.2) is 8.78 Å². The third kappa shape index (κ3) is 3.72. The molecule has 0 amide bonds. The van der Waals surface area contributed by atoms with E-state index in [0.29, 0.717) is 23.1 Å². The number of ketones is 1. The SMILES string of the molecule is CCOC(=O)[C@H]1C(=O)C=C(c2cccc(F)c2)C[C@H]1c1cccc(F)c1. The Morgan fingerprint density at radius 2 is 1.81 bits per heavy atom. The van der Waals surface area contributed by atoms with Crippen LogP contribution in [0, 0.1) is 17.6 Å². The first kappa shape index (κ1) is 18.0. The Hall–Kier alpha value is -2.82. The molecule has 0 bridgehead atoms. The van der Waals surface area contributed by atoms with Crippen LogP contribution in [-0.2, 0) is 14.3 Å². The van der Waals surface area contributed by atoms with E-state index >= 15 is 0 Å². The molecule has 0 spiro atoms. The smallest absolute Gasteiger partial charge is 0.317 e. The lowest BCUT2D eigenvalue weighted by Crippen LogP contribution is -2.34. The van der Waals surface area contributed by atoms with E-state index in [1.807, 2.05) is 0 Å². The second-order valence-electron chi connectivity index (χ2n) is 6.18. The summed E-state index contributed by atoms with van der Waals surface area (Å²) in [6, 6.07) is 11.8. The lowest BCUT2D eigenvalue weighted by molar-refractivity contribution is -0.151. The number of ether oxygens (including phenoxy) is 1. The van der Waals surface area contributed by atoms with Crippen molar-refractivity contribution in [3.8, 4) is 0 Å². The summed E-state index contributed by atoms with van der Waals surface area (Å²) in [7, 11) is 0. The van der Waals surface area contributed by atoms with Crippen LogP contribution < -0.4 is 0 Å². The summed E-state index contributed by atoms with van der Waals surface area (Å²) in [5, 5.41) is 0. The minimum Gasteiger partial charge on any atom is -0.465 e. The molecule has 1 aliphatic carbocycles. The Kier molecular flexibility index (Phi) is 5.26. The summed E-state index contributed by atoms with van der Waals surface area (Å²) in [4.78, 5) is 25.0. The normalized spacial score (nSPS) is 19.8. The molecule has 0 saturated carbocycles. The maximum absolute atomic E-state index is 13.7. The first-order valence-corrected chi connectivity index (χ1v) is 8.42. The van der Waals surface area contributed by atoms with Crippen LogP contribution in [0.5, 0.6) is 0 Å². The Balaban J connectivity index is 2.04. The molecule has 0 heterocycles. The van der Waals surface area contributed by atoms with Gasteiger partial charge in [0.1, 0.15) is 17.6 Å². The fourth-order valence-corrected chi connectivity index (χ4v) is 3.32. The lowest BCUT2D eigenvalue weighted by Gasteiger charge is -2.29. The minimum absolute atomic E-state index is 0.152. The largest absolute Gasteiger partial charge is 0.465 e. The van der Waals surface area contributed by atoms with E-state index in [2.05, 4.69) is 0 Å². The van der Waals surface area contributed by atoms with Gasteiger partial charge in [-0.3, -0.25) is 9.59 Å². The van der Waals surface area contributed by atoms with Crippen molar-refractivity contribution in [2.24, 2.45) is 5.92 Å². The van der Waals surface area contributed by atoms with Gasteiger partial charge in [0.15, 0.2) is 5.78 Å². The molecule has 134 valence electrons. The molecule has 0 N–H and O–H groups in total. The summed E-state index contributed by atoms with van der Waals surface area (Å²) in [5.74, 6) is -3.50. The second-order valence-corrected chi connectivity index (χ2v) is 6.18. The highest BCUT2D eigenvalue weighted by molar-refractivity contribution is 6.10. The van der Waals surface area contributed by atoms with Crippen molar-refractivity contribution in [1.29, 1.82) is 0 Å². The third-order valence-electron chi connectivity index (χ3n) is 4.48. The summed E-state index contributed by atoms with van der Waals surface area (Å²) in [6.07, 6.45) is 1.67. The van der Waals surface area contributed by atoms with Gasteiger partial charge in [0.05, 0.1) is 6.61 Å². The van der Waals surface area contributed by atoms with Crippen LogP contribution in [0.15, 0.2) is 54.6 Å². The van der Waals surface area contributed by atoms with Gasteiger partial charge >= 0.3 is 5.97 Å². The van der Waals surface area contributed by atoms with Crippen LogP contribution >= 0.6 is 0 Å². The molecule has 0 saturated heterocycles.